The summed E-state index contributed by atoms with van der Waals surface area (Å²) in [5, 5.41) is 9.28. The number of methoxy groups -OCH3 is 2. The number of hydrogen-bond donors (Lipinski definition) is 2. The van der Waals surface area contributed by atoms with Gasteiger partial charge < -0.3 is 24.5 Å². The van der Waals surface area contributed by atoms with Gasteiger partial charge in [0.25, 0.3) is 0 Å². The van der Waals surface area contributed by atoms with Crippen molar-refractivity contribution >= 4 is 28.7 Å². The molecule has 0 fully saturated rings. The first-order valence-electron chi connectivity index (χ1n) is 8.95. The van der Waals surface area contributed by atoms with Crippen LogP contribution in [0.5, 0.6) is 11.5 Å². The number of anilines is 1. The third kappa shape index (κ3) is 4.01. The van der Waals surface area contributed by atoms with Gasteiger partial charge >= 0.3 is 0 Å². The lowest BCUT2D eigenvalue weighted by Crippen LogP contribution is -2.01. The van der Waals surface area contributed by atoms with E-state index in [1.54, 1.807) is 20.4 Å². The fourth-order valence-corrected chi connectivity index (χ4v) is 3.75. The predicted molar refractivity (Wildman–Crippen MR) is 112 cm³/mol. The van der Waals surface area contributed by atoms with E-state index >= 15 is 0 Å². The summed E-state index contributed by atoms with van der Waals surface area (Å²) in [6, 6.07) is 11.6. The van der Waals surface area contributed by atoms with Crippen molar-refractivity contribution in [3.8, 4) is 11.5 Å². The molecular weight excluding hydrogens is 390 g/mol. The number of nitrogens with zero attached hydrogens (tertiary/aromatic N) is 3. The van der Waals surface area contributed by atoms with Crippen LogP contribution in [-0.2, 0) is 13.1 Å². The predicted octanol–water partition coefficient (Wildman–Crippen LogP) is 3.67. The zero-order chi connectivity index (χ0) is 20.2. The molecule has 29 heavy (non-hydrogen) atoms. The minimum atomic E-state index is 0.462. The molecule has 0 aliphatic carbocycles. The van der Waals surface area contributed by atoms with E-state index in [-0.39, 0.29) is 0 Å². The Morgan fingerprint density at radius 3 is 2.72 bits per heavy atom. The Hall–Kier alpha value is -3.17. The van der Waals surface area contributed by atoms with E-state index in [0.29, 0.717) is 30.2 Å². The van der Waals surface area contributed by atoms with Gasteiger partial charge in [0.05, 0.1) is 31.9 Å². The zero-order valence-corrected chi connectivity index (χ0v) is 16.9. The van der Waals surface area contributed by atoms with Gasteiger partial charge in [0.1, 0.15) is 16.9 Å². The van der Waals surface area contributed by atoms with Gasteiger partial charge in [0.15, 0.2) is 11.4 Å². The molecule has 0 aliphatic heterocycles. The molecule has 0 unspecified atom stereocenters. The maximum Gasteiger partial charge on any atom is 0.191 e. The van der Waals surface area contributed by atoms with Crippen molar-refractivity contribution in [3.05, 3.63) is 59.9 Å². The molecule has 0 radical (unpaired) electrons. The van der Waals surface area contributed by atoms with Crippen LogP contribution >= 0.6 is 11.9 Å². The molecule has 2 aromatic carbocycles. The first-order valence-corrected chi connectivity index (χ1v) is 9.77. The highest BCUT2D eigenvalue weighted by atomic mass is 32.2. The van der Waals surface area contributed by atoms with Crippen molar-refractivity contribution < 1.29 is 14.0 Å². The van der Waals surface area contributed by atoms with Crippen molar-refractivity contribution in [3.63, 3.8) is 0 Å². The number of hydrogen-bond acceptors (Lipinski definition) is 8. The summed E-state index contributed by atoms with van der Waals surface area (Å²) in [5.74, 6) is 2.04. The molecule has 8 nitrogen and oxygen atoms in total. The van der Waals surface area contributed by atoms with Gasteiger partial charge in [-0.1, -0.05) is 17.3 Å². The number of benzene rings is 2. The monoisotopic (exact) mass is 411 g/mol. The van der Waals surface area contributed by atoms with E-state index in [1.807, 2.05) is 47.3 Å². The fourth-order valence-electron chi connectivity index (χ4n) is 3.00. The summed E-state index contributed by atoms with van der Waals surface area (Å²) in [4.78, 5) is 0.941. The van der Waals surface area contributed by atoms with Crippen LogP contribution in [0.2, 0.25) is 0 Å². The van der Waals surface area contributed by atoms with Gasteiger partial charge in [-0.25, -0.2) is 0 Å². The number of nitrogens with two attached hydrogens (primary N) is 1. The summed E-state index contributed by atoms with van der Waals surface area (Å²) in [7, 11) is 3.27. The van der Waals surface area contributed by atoms with Crippen LogP contribution in [-0.4, -0.2) is 29.2 Å². The molecule has 0 amide bonds. The van der Waals surface area contributed by atoms with Gasteiger partial charge in [0, 0.05) is 18.3 Å². The largest absolute Gasteiger partial charge is 0.496 e. The van der Waals surface area contributed by atoms with Gasteiger partial charge in [-0.15, -0.1) is 0 Å². The number of para-hydroxylation sites is 1. The summed E-state index contributed by atoms with van der Waals surface area (Å²) < 4.78 is 21.6. The fraction of sp³-hybridized carbons (Fsp3) is 0.200. The van der Waals surface area contributed by atoms with E-state index in [0.717, 1.165) is 27.2 Å². The molecule has 0 aliphatic rings. The molecule has 2 aromatic heterocycles. The number of ether oxygens (including phenoxy) is 2. The Balaban J connectivity index is 1.60. The SMILES string of the molecule is COc1ccccc1SNc1noc2cc(Cn3cc(CN)cn3)cc(OC)c12. The van der Waals surface area contributed by atoms with Crippen molar-refractivity contribution in [2.45, 2.75) is 18.0 Å². The molecule has 0 bridgehead atoms. The van der Waals surface area contributed by atoms with Crippen LogP contribution in [0.4, 0.5) is 5.82 Å². The third-order valence-corrected chi connectivity index (χ3v) is 5.26. The van der Waals surface area contributed by atoms with Gasteiger partial charge in [0.2, 0.25) is 0 Å². The second kappa shape index (κ2) is 8.46. The van der Waals surface area contributed by atoms with Crippen molar-refractivity contribution in [1.82, 2.24) is 14.9 Å². The Bertz CT molecular complexity index is 1120. The summed E-state index contributed by atoms with van der Waals surface area (Å²) in [5.41, 5.74) is 8.26. The summed E-state index contributed by atoms with van der Waals surface area (Å²) >= 11 is 1.40. The van der Waals surface area contributed by atoms with E-state index in [2.05, 4.69) is 15.0 Å². The highest BCUT2D eigenvalue weighted by molar-refractivity contribution is 8.00. The molecule has 0 spiro atoms. The maximum atomic E-state index is 5.65. The van der Waals surface area contributed by atoms with E-state index in [4.69, 9.17) is 19.7 Å². The van der Waals surface area contributed by atoms with Crippen molar-refractivity contribution in [2.24, 2.45) is 5.73 Å². The summed E-state index contributed by atoms with van der Waals surface area (Å²) in [6.07, 6.45) is 3.69. The van der Waals surface area contributed by atoms with Crippen LogP contribution in [0, 0.1) is 0 Å². The van der Waals surface area contributed by atoms with E-state index < -0.39 is 0 Å². The van der Waals surface area contributed by atoms with E-state index in [9.17, 15) is 0 Å². The lowest BCUT2D eigenvalue weighted by atomic mass is 10.1. The first kappa shape index (κ1) is 19.2. The van der Waals surface area contributed by atoms with Crippen molar-refractivity contribution in [2.75, 3.05) is 18.9 Å². The minimum Gasteiger partial charge on any atom is -0.496 e. The van der Waals surface area contributed by atoms with Crippen LogP contribution in [0.25, 0.3) is 11.0 Å². The molecular formula is C20H21N5O3S. The highest BCUT2D eigenvalue weighted by Gasteiger charge is 2.16. The van der Waals surface area contributed by atoms with Crippen molar-refractivity contribution in [1.29, 1.82) is 0 Å². The lowest BCUT2D eigenvalue weighted by Gasteiger charge is -2.09. The second-order valence-corrected chi connectivity index (χ2v) is 7.16. The second-order valence-electron chi connectivity index (χ2n) is 6.31. The Labute approximate surface area is 172 Å². The number of aromatic nitrogens is 3. The highest BCUT2D eigenvalue weighted by Crippen LogP contribution is 2.37. The maximum absolute atomic E-state index is 5.65. The third-order valence-electron chi connectivity index (χ3n) is 4.41. The van der Waals surface area contributed by atoms with Crippen LogP contribution in [0.15, 0.2) is 58.2 Å². The topological polar surface area (TPSA) is 100 Å². The normalized spacial score (nSPS) is 11.0. The molecule has 4 rings (SSSR count). The van der Waals surface area contributed by atoms with Gasteiger partial charge in [-0.05, 0) is 41.8 Å². The quantitative estimate of drug-likeness (QED) is 0.424. The Morgan fingerprint density at radius 2 is 1.97 bits per heavy atom. The molecule has 2 heterocycles. The molecule has 4 aromatic rings. The molecule has 0 atom stereocenters. The molecule has 9 heteroatoms. The lowest BCUT2D eigenvalue weighted by molar-refractivity contribution is 0.405. The number of nitrogens with one attached hydrogen (secondary N) is 1. The Kier molecular flexibility index (Phi) is 5.59. The molecule has 0 saturated heterocycles. The molecule has 150 valence electrons. The standard InChI is InChI=1S/C20H21N5O3S/c1-26-15-5-3-4-6-18(15)29-24-20-19-16(27-2)7-13(8-17(19)28-23-20)11-25-12-14(9-21)10-22-25/h3-8,10,12H,9,11,21H2,1-2H3,(H,23,24). The van der Waals surface area contributed by atoms with Gasteiger partial charge in [-0.3, -0.25) is 4.68 Å². The molecule has 0 saturated carbocycles. The average Bonchev–Trinajstić information content (AvgIpc) is 3.38. The number of fused-ring (bicyclic) bond motifs is 1. The van der Waals surface area contributed by atoms with Crippen LogP contribution < -0.4 is 19.9 Å². The average molecular weight is 411 g/mol. The zero-order valence-electron chi connectivity index (χ0n) is 16.1. The summed E-state index contributed by atoms with van der Waals surface area (Å²) in [6.45, 7) is 1.04. The van der Waals surface area contributed by atoms with E-state index in [1.165, 1.54) is 11.9 Å². The van der Waals surface area contributed by atoms with Crippen LogP contribution in [0.3, 0.4) is 0 Å². The minimum absolute atomic E-state index is 0.462. The van der Waals surface area contributed by atoms with Gasteiger partial charge in [-0.2, -0.15) is 5.10 Å². The van der Waals surface area contributed by atoms with Crippen LogP contribution in [0.1, 0.15) is 11.1 Å². The Morgan fingerprint density at radius 1 is 1.14 bits per heavy atom. The smallest absolute Gasteiger partial charge is 0.191 e. The molecule has 3 N–H and O–H groups in total. The number of rotatable bonds is 8. The first-order chi connectivity index (χ1) is 14.2.